The molecule has 2 aromatic rings. The molecular weight excluding hydrogens is 439 g/mol. The third-order valence-corrected chi connectivity index (χ3v) is 5.28. The van der Waals surface area contributed by atoms with Crippen molar-refractivity contribution in [3.63, 3.8) is 0 Å². The van der Waals surface area contributed by atoms with Gasteiger partial charge in [-0.25, -0.2) is 9.59 Å². The fraction of sp³-hybridized carbons (Fsp3) is 0.333. The number of rotatable bonds is 6. The van der Waals surface area contributed by atoms with Crippen LogP contribution in [0.4, 0.5) is 23.7 Å². The van der Waals surface area contributed by atoms with Crippen molar-refractivity contribution in [3.05, 3.63) is 53.1 Å². The number of amides is 1. The number of aryl methyl sites for hydroxylation is 1. The number of benzene rings is 2. The van der Waals surface area contributed by atoms with Gasteiger partial charge in [-0.2, -0.15) is 0 Å². The summed E-state index contributed by atoms with van der Waals surface area (Å²) in [6.07, 6.45) is -3.76. The number of ether oxygens (including phenoxy) is 2. The van der Waals surface area contributed by atoms with Gasteiger partial charge in [0.05, 0.1) is 5.69 Å². The van der Waals surface area contributed by atoms with Crippen LogP contribution in [0.5, 0.6) is 5.75 Å². The lowest BCUT2D eigenvalue weighted by Gasteiger charge is -2.36. The molecule has 0 aromatic heterocycles. The molecule has 0 radical (unpaired) electrons. The number of nitrogens with zero attached hydrogens (tertiary/aromatic N) is 1. The number of anilines is 1. The fourth-order valence-corrected chi connectivity index (χ4v) is 3.84. The van der Waals surface area contributed by atoms with E-state index in [-0.39, 0.29) is 11.5 Å². The van der Waals surface area contributed by atoms with Gasteiger partial charge >= 0.3 is 18.4 Å². The Balaban J connectivity index is 2.24. The molecule has 0 aliphatic carbocycles. The van der Waals surface area contributed by atoms with E-state index in [1.807, 2.05) is 19.9 Å². The molecule has 0 bridgehead atoms. The SMILES string of the molecule is CCN1C(=O)OC(C(C)C)c2cc(C)c(-c3cc(C=CC(=O)O)ccc3OC(F)(F)F)cc21. The second kappa shape index (κ2) is 9.17. The smallest absolute Gasteiger partial charge is 0.478 e. The highest BCUT2D eigenvalue weighted by Gasteiger charge is 2.36. The van der Waals surface area contributed by atoms with Crippen LogP contribution < -0.4 is 9.64 Å². The topological polar surface area (TPSA) is 76.1 Å². The summed E-state index contributed by atoms with van der Waals surface area (Å²) in [6, 6.07) is 7.37. The predicted octanol–water partition coefficient (Wildman–Crippen LogP) is 6.33. The zero-order chi connectivity index (χ0) is 24.5. The number of fused-ring (bicyclic) bond motifs is 1. The van der Waals surface area contributed by atoms with Gasteiger partial charge in [0.25, 0.3) is 0 Å². The number of hydrogen-bond acceptors (Lipinski definition) is 4. The molecule has 9 heteroatoms. The molecule has 1 atom stereocenters. The molecule has 1 heterocycles. The second-order valence-corrected chi connectivity index (χ2v) is 7.99. The van der Waals surface area contributed by atoms with Crippen LogP contribution in [0.15, 0.2) is 36.4 Å². The number of carboxylic acid groups (broad SMARTS) is 1. The summed E-state index contributed by atoms with van der Waals surface area (Å²) in [5, 5.41) is 8.89. The van der Waals surface area contributed by atoms with Gasteiger partial charge in [0.15, 0.2) is 0 Å². The number of hydrogen-bond donors (Lipinski definition) is 1. The Morgan fingerprint density at radius 1 is 1.24 bits per heavy atom. The van der Waals surface area contributed by atoms with Crippen molar-refractivity contribution in [2.75, 3.05) is 11.4 Å². The number of aliphatic carboxylic acids is 1. The zero-order valence-corrected chi connectivity index (χ0v) is 18.6. The third kappa shape index (κ3) is 5.30. The fourth-order valence-electron chi connectivity index (χ4n) is 3.84. The van der Waals surface area contributed by atoms with Crippen LogP contribution in [0, 0.1) is 12.8 Å². The van der Waals surface area contributed by atoms with E-state index in [4.69, 9.17) is 9.84 Å². The van der Waals surface area contributed by atoms with E-state index >= 15 is 0 Å². The summed E-state index contributed by atoms with van der Waals surface area (Å²) < 4.78 is 49.1. The molecule has 1 amide bonds. The zero-order valence-electron chi connectivity index (χ0n) is 18.6. The van der Waals surface area contributed by atoms with Gasteiger partial charge in [-0.15, -0.1) is 13.2 Å². The maximum atomic E-state index is 13.1. The highest BCUT2D eigenvalue weighted by Crippen LogP contribution is 2.44. The van der Waals surface area contributed by atoms with E-state index in [0.717, 1.165) is 17.7 Å². The number of carboxylic acids is 1. The van der Waals surface area contributed by atoms with Crippen LogP contribution in [0.25, 0.3) is 17.2 Å². The first-order valence-corrected chi connectivity index (χ1v) is 10.3. The average Bonchev–Trinajstić information content (AvgIpc) is 2.71. The molecule has 0 spiro atoms. The summed E-state index contributed by atoms with van der Waals surface area (Å²) in [5.41, 5.74) is 2.90. The summed E-state index contributed by atoms with van der Waals surface area (Å²) in [7, 11) is 0. The monoisotopic (exact) mass is 463 g/mol. The molecule has 1 unspecified atom stereocenters. The summed E-state index contributed by atoms with van der Waals surface area (Å²) in [5.74, 6) is -1.63. The Morgan fingerprint density at radius 2 is 1.94 bits per heavy atom. The second-order valence-electron chi connectivity index (χ2n) is 7.99. The maximum Gasteiger partial charge on any atom is 0.573 e. The number of cyclic esters (lactones) is 1. The van der Waals surface area contributed by atoms with Crippen LogP contribution in [-0.2, 0) is 9.53 Å². The summed E-state index contributed by atoms with van der Waals surface area (Å²) >= 11 is 0. The predicted molar refractivity (Wildman–Crippen MR) is 117 cm³/mol. The van der Waals surface area contributed by atoms with Crippen molar-refractivity contribution in [1.29, 1.82) is 0 Å². The molecule has 1 aliphatic rings. The lowest BCUT2D eigenvalue weighted by atomic mass is 9.89. The van der Waals surface area contributed by atoms with Crippen molar-refractivity contribution in [3.8, 4) is 16.9 Å². The molecular formula is C24H24F3NO5. The van der Waals surface area contributed by atoms with Gasteiger partial charge in [-0.1, -0.05) is 19.9 Å². The lowest BCUT2D eigenvalue weighted by molar-refractivity contribution is -0.274. The van der Waals surface area contributed by atoms with Gasteiger partial charge in [0.2, 0.25) is 0 Å². The normalized spacial score (nSPS) is 16.2. The first-order valence-electron chi connectivity index (χ1n) is 10.3. The minimum absolute atomic E-state index is 0.00874. The van der Waals surface area contributed by atoms with Crippen LogP contribution in [-0.4, -0.2) is 30.1 Å². The Hall–Kier alpha value is -3.49. The molecule has 33 heavy (non-hydrogen) atoms. The Morgan fingerprint density at radius 3 is 2.52 bits per heavy atom. The van der Waals surface area contributed by atoms with Gasteiger partial charge in [0, 0.05) is 23.7 Å². The van der Waals surface area contributed by atoms with Gasteiger partial charge in [0.1, 0.15) is 11.9 Å². The van der Waals surface area contributed by atoms with Crippen molar-refractivity contribution >= 4 is 23.8 Å². The quantitative estimate of drug-likeness (QED) is 0.507. The lowest BCUT2D eigenvalue weighted by Crippen LogP contribution is -2.38. The Labute approximate surface area is 189 Å². The van der Waals surface area contributed by atoms with Gasteiger partial charge in [-0.05, 0) is 66.8 Å². The highest BCUT2D eigenvalue weighted by molar-refractivity contribution is 5.93. The van der Waals surface area contributed by atoms with Crippen molar-refractivity contribution in [2.45, 2.75) is 40.2 Å². The van der Waals surface area contributed by atoms with E-state index in [2.05, 4.69) is 4.74 Å². The molecule has 3 rings (SSSR count). The van der Waals surface area contributed by atoms with Crippen molar-refractivity contribution in [1.82, 2.24) is 0 Å². The molecule has 1 aliphatic heterocycles. The Kier molecular flexibility index (Phi) is 6.71. The van der Waals surface area contributed by atoms with E-state index in [1.54, 1.807) is 19.9 Å². The molecule has 176 valence electrons. The minimum Gasteiger partial charge on any atom is -0.478 e. The number of halogens is 3. The molecule has 0 saturated carbocycles. The van der Waals surface area contributed by atoms with Gasteiger partial charge in [-0.3, -0.25) is 4.90 Å². The first-order chi connectivity index (χ1) is 15.4. The van der Waals surface area contributed by atoms with E-state index in [9.17, 15) is 22.8 Å². The largest absolute Gasteiger partial charge is 0.573 e. The van der Waals surface area contributed by atoms with Crippen LogP contribution in [0.3, 0.4) is 0 Å². The Bertz CT molecular complexity index is 1110. The standard InChI is InChI=1S/C24H24F3NO5/c1-5-28-19-12-16(14(4)10-18(19)22(13(2)3)32-23(28)31)17-11-15(7-9-21(29)30)6-8-20(17)33-24(25,26)27/h6-13,22H,5H2,1-4H3,(H,29,30). The van der Waals surface area contributed by atoms with Crippen LogP contribution in [0.1, 0.15) is 43.6 Å². The minimum atomic E-state index is -4.92. The molecule has 1 N–H and O–H groups in total. The summed E-state index contributed by atoms with van der Waals surface area (Å²) in [6.45, 7) is 7.67. The highest BCUT2D eigenvalue weighted by atomic mass is 19.4. The van der Waals surface area contributed by atoms with E-state index in [0.29, 0.717) is 28.9 Å². The van der Waals surface area contributed by atoms with Gasteiger partial charge < -0.3 is 14.6 Å². The van der Waals surface area contributed by atoms with E-state index in [1.165, 1.54) is 23.1 Å². The van der Waals surface area contributed by atoms with Crippen molar-refractivity contribution in [2.24, 2.45) is 5.92 Å². The van der Waals surface area contributed by atoms with E-state index < -0.39 is 30.3 Å². The van der Waals surface area contributed by atoms with Crippen LogP contribution >= 0.6 is 0 Å². The molecule has 0 saturated heterocycles. The maximum absolute atomic E-state index is 13.1. The number of carbonyl (C=O) groups is 2. The van der Waals surface area contributed by atoms with Crippen molar-refractivity contribution < 1.29 is 37.3 Å². The number of carbonyl (C=O) groups excluding carboxylic acids is 1. The third-order valence-electron chi connectivity index (χ3n) is 5.28. The molecule has 0 fully saturated rings. The molecule has 2 aromatic carbocycles. The van der Waals surface area contributed by atoms with Crippen LogP contribution in [0.2, 0.25) is 0 Å². The summed E-state index contributed by atoms with van der Waals surface area (Å²) in [4.78, 5) is 24.9. The number of alkyl halides is 3. The molecule has 6 nitrogen and oxygen atoms in total. The first kappa shape index (κ1) is 24.2. The average molecular weight is 463 g/mol.